The number of ether oxygens (including phenoxy) is 1. The van der Waals surface area contributed by atoms with Crippen LogP contribution in [0.1, 0.15) is 71.3 Å². The predicted octanol–water partition coefficient (Wildman–Crippen LogP) is 8.05. The van der Waals surface area contributed by atoms with Crippen molar-refractivity contribution in [2.45, 2.75) is 83.1 Å². The Morgan fingerprint density at radius 2 is 1.41 bits per heavy atom. The Labute approximate surface area is 183 Å². The zero-order valence-corrected chi connectivity index (χ0v) is 22.1. The van der Waals surface area contributed by atoms with Crippen LogP contribution in [0.2, 0.25) is 13.3 Å². The van der Waals surface area contributed by atoms with Crippen molar-refractivity contribution in [3.8, 4) is 0 Å². The van der Waals surface area contributed by atoms with Crippen molar-refractivity contribution < 1.29 is 4.74 Å². The molecule has 0 N–H and O–H groups in total. The van der Waals surface area contributed by atoms with Crippen LogP contribution >= 0.6 is 0 Å². The van der Waals surface area contributed by atoms with Gasteiger partial charge >= 0.3 is 184 Å². The van der Waals surface area contributed by atoms with Gasteiger partial charge in [-0.1, -0.05) is 0 Å². The van der Waals surface area contributed by atoms with Crippen molar-refractivity contribution in [1.29, 1.82) is 0 Å². The second-order valence-corrected chi connectivity index (χ2v) is 22.9. The number of allylic oxidation sites excluding steroid dienone is 3. The molecule has 29 heavy (non-hydrogen) atoms. The third kappa shape index (κ3) is 5.03. The number of benzene rings is 1. The van der Waals surface area contributed by atoms with Gasteiger partial charge in [-0.05, 0) is 0 Å². The predicted molar refractivity (Wildman–Crippen MR) is 130 cm³/mol. The molecule has 0 aromatic heterocycles. The third-order valence-electron chi connectivity index (χ3n) is 7.41. The van der Waals surface area contributed by atoms with E-state index < -0.39 is 18.4 Å². The first-order valence-electron chi connectivity index (χ1n) is 12.2. The maximum atomic E-state index is 6.60. The van der Waals surface area contributed by atoms with E-state index in [2.05, 4.69) is 63.3 Å². The average molecular weight is 501 g/mol. The fourth-order valence-corrected chi connectivity index (χ4v) is 23.8. The minimum atomic E-state index is -2.53. The van der Waals surface area contributed by atoms with Gasteiger partial charge in [-0.3, -0.25) is 0 Å². The number of unbranched alkanes of at least 4 members (excludes halogenated alkanes) is 3. The van der Waals surface area contributed by atoms with Gasteiger partial charge in [0.05, 0.1) is 0 Å². The monoisotopic (exact) mass is 502 g/mol. The van der Waals surface area contributed by atoms with Crippen molar-refractivity contribution in [2.24, 2.45) is 11.8 Å². The van der Waals surface area contributed by atoms with Gasteiger partial charge < -0.3 is 0 Å². The van der Waals surface area contributed by atoms with Gasteiger partial charge in [-0.25, -0.2) is 0 Å². The molecular formula is C27H42OSn. The van der Waals surface area contributed by atoms with E-state index in [1.54, 1.807) is 11.1 Å². The summed E-state index contributed by atoms with van der Waals surface area (Å²) in [7, 11) is 2.03. The van der Waals surface area contributed by atoms with E-state index >= 15 is 0 Å². The second-order valence-electron chi connectivity index (χ2n) is 9.36. The molecular weight excluding hydrogens is 459 g/mol. The van der Waals surface area contributed by atoms with Crippen LogP contribution in [0, 0.1) is 11.8 Å². The Hall–Kier alpha value is -0.541. The van der Waals surface area contributed by atoms with E-state index in [9.17, 15) is 0 Å². The topological polar surface area (TPSA) is 9.23 Å². The molecule has 3 rings (SSSR count). The van der Waals surface area contributed by atoms with Crippen molar-refractivity contribution in [2.75, 3.05) is 7.11 Å². The minimum absolute atomic E-state index is 0.462. The van der Waals surface area contributed by atoms with Gasteiger partial charge in [0.15, 0.2) is 0 Å². The SMILES string of the molecule is CCC[CH2][Sn]([CH2]CCC)([CH2]CCC)[CH](OC)C1=C(c2ccccc2)[C@@H]2C=C[C@H]1C2. The Kier molecular flexibility index (Phi) is 8.92. The van der Waals surface area contributed by atoms with Gasteiger partial charge in [0.1, 0.15) is 0 Å². The normalized spacial score (nSPS) is 21.9. The molecule has 0 amide bonds. The van der Waals surface area contributed by atoms with Crippen LogP contribution in [0.15, 0.2) is 48.1 Å². The molecule has 1 aromatic rings. The Morgan fingerprint density at radius 3 is 1.93 bits per heavy atom. The molecule has 0 saturated carbocycles. The van der Waals surface area contributed by atoms with E-state index in [-0.39, 0.29) is 0 Å². The molecule has 0 fully saturated rings. The van der Waals surface area contributed by atoms with E-state index in [1.807, 2.05) is 7.11 Å². The summed E-state index contributed by atoms with van der Waals surface area (Å²) in [6.45, 7) is 7.10. The van der Waals surface area contributed by atoms with Crippen LogP contribution in [0.5, 0.6) is 0 Å². The quantitative estimate of drug-likeness (QED) is 0.196. The Morgan fingerprint density at radius 1 is 0.862 bits per heavy atom. The summed E-state index contributed by atoms with van der Waals surface area (Å²) in [5.74, 6) is 1.24. The average Bonchev–Trinajstić information content (AvgIpc) is 3.37. The maximum absolute atomic E-state index is 6.60. The van der Waals surface area contributed by atoms with Crippen LogP contribution in [-0.2, 0) is 4.74 Å². The number of methoxy groups -OCH3 is 1. The first kappa shape index (κ1) is 23.1. The van der Waals surface area contributed by atoms with Crippen LogP contribution in [0.25, 0.3) is 5.57 Å². The fourth-order valence-electron chi connectivity index (χ4n) is 5.95. The van der Waals surface area contributed by atoms with Crippen LogP contribution in [0.4, 0.5) is 0 Å². The van der Waals surface area contributed by atoms with Crippen molar-refractivity contribution >= 4 is 24.0 Å². The second kappa shape index (κ2) is 11.2. The Bertz CT molecular complexity index is 668. The molecule has 0 heterocycles. The molecule has 0 spiro atoms. The number of hydrogen-bond donors (Lipinski definition) is 0. The first-order valence-corrected chi connectivity index (χ1v) is 19.9. The molecule has 2 aliphatic rings. The van der Waals surface area contributed by atoms with Crippen LogP contribution in [-0.4, -0.2) is 29.6 Å². The van der Waals surface area contributed by atoms with E-state index in [0.29, 0.717) is 16.0 Å². The zero-order valence-electron chi connectivity index (χ0n) is 19.3. The summed E-state index contributed by atoms with van der Waals surface area (Å²) in [5, 5.41) is 0. The summed E-state index contributed by atoms with van der Waals surface area (Å²) >= 11 is -2.53. The van der Waals surface area contributed by atoms with E-state index in [0.717, 1.165) is 0 Å². The summed E-state index contributed by atoms with van der Waals surface area (Å²) in [5.41, 5.74) is 4.80. The summed E-state index contributed by atoms with van der Waals surface area (Å²) < 4.78 is 11.6. The molecule has 0 saturated heterocycles. The Balaban J connectivity index is 2.06. The zero-order chi connectivity index (χ0) is 20.7. The van der Waals surface area contributed by atoms with Gasteiger partial charge in [0.25, 0.3) is 0 Å². The van der Waals surface area contributed by atoms with Crippen molar-refractivity contribution in [3.05, 3.63) is 53.6 Å². The number of hydrogen-bond acceptors (Lipinski definition) is 1. The molecule has 1 nitrogen and oxygen atoms in total. The molecule has 2 aliphatic carbocycles. The van der Waals surface area contributed by atoms with Gasteiger partial charge in [0, 0.05) is 0 Å². The molecule has 3 atom stereocenters. The standard InChI is InChI=1S/C15H15O.3C4H9.Sn/c1-16-10-14-12-7-8-13(9-12)15(14)11-5-3-2-4-6-11;3*1-3-4-2;/h2-8,10,12-13H,9H2,1H3;3*1,3-4H2,2H3;/t12-,13+;;;;/m0..../s1. The summed E-state index contributed by atoms with van der Waals surface area (Å²) in [6.07, 6.45) is 14.5. The van der Waals surface area contributed by atoms with Crippen molar-refractivity contribution in [3.63, 3.8) is 0 Å². The fraction of sp³-hybridized carbons (Fsp3) is 0.630. The molecule has 1 unspecified atom stereocenters. The molecule has 0 radical (unpaired) electrons. The van der Waals surface area contributed by atoms with Crippen molar-refractivity contribution in [1.82, 2.24) is 0 Å². The third-order valence-corrected chi connectivity index (χ3v) is 23.7. The first-order chi connectivity index (χ1) is 14.2. The van der Waals surface area contributed by atoms with E-state index in [4.69, 9.17) is 4.74 Å². The molecule has 2 bridgehead atoms. The summed E-state index contributed by atoms with van der Waals surface area (Å²) in [6, 6.07) is 11.2. The van der Waals surface area contributed by atoms with Gasteiger partial charge in [-0.2, -0.15) is 0 Å². The molecule has 0 aliphatic heterocycles. The van der Waals surface area contributed by atoms with E-state index in [1.165, 1.54) is 63.8 Å². The van der Waals surface area contributed by atoms with Gasteiger partial charge in [-0.15, -0.1) is 0 Å². The van der Waals surface area contributed by atoms with Crippen LogP contribution in [0.3, 0.4) is 0 Å². The number of rotatable bonds is 13. The summed E-state index contributed by atoms with van der Waals surface area (Å²) in [4.78, 5) is 0. The molecule has 160 valence electrons. The molecule has 2 heteroatoms. The number of fused-ring (bicyclic) bond motifs is 2. The molecule has 1 aromatic carbocycles. The van der Waals surface area contributed by atoms with Crippen LogP contribution < -0.4 is 0 Å². The van der Waals surface area contributed by atoms with Gasteiger partial charge in [0.2, 0.25) is 0 Å².